The Labute approximate surface area is 122 Å². The molecule has 1 N–H and O–H groups in total. The molecule has 1 aromatic heterocycles. The molecule has 2 rings (SSSR count). The number of nitro groups is 1. The van der Waals surface area contributed by atoms with Gasteiger partial charge in [-0.1, -0.05) is 0 Å². The second-order valence-corrected chi connectivity index (χ2v) is 5.07. The lowest BCUT2D eigenvalue weighted by molar-refractivity contribution is -0.384. The highest BCUT2D eigenvalue weighted by molar-refractivity contribution is 14.1. The van der Waals surface area contributed by atoms with E-state index in [-0.39, 0.29) is 21.5 Å². The quantitative estimate of drug-likeness (QED) is 0.500. The Morgan fingerprint density at radius 3 is 2.79 bits per heavy atom. The normalized spacial score (nSPS) is 10.5. The van der Waals surface area contributed by atoms with Crippen molar-refractivity contribution in [3.05, 3.63) is 55.3 Å². The fourth-order valence-electron chi connectivity index (χ4n) is 1.59. The van der Waals surface area contributed by atoms with Crippen molar-refractivity contribution < 1.29 is 13.7 Å². The Bertz CT molecular complexity index is 627. The van der Waals surface area contributed by atoms with E-state index in [0.717, 1.165) is 11.8 Å². The van der Waals surface area contributed by atoms with E-state index in [4.69, 9.17) is 4.42 Å². The predicted molar refractivity (Wildman–Crippen MR) is 76.5 cm³/mol. The molecule has 0 fully saturated rings. The summed E-state index contributed by atoms with van der Waals surface area (Å²) in [6, 6.07) is 5.87. The molecule has 0 unspecified atom stereocenters. The van der Waals surface area contributed by atoms with Crippen LogP contribution in [0.3, 0.4) is 0 Å². The second kappa shape index (κ2) is 5.55. The van der Waals surface area contributed by atoms with Crippen molar-refractivity contribution in [2.75, 3.05) is 5.32 Å². The molecule has 0 saturated carbocycles. The Hall–Kier alpha value is -1.64. The van der Waals surface area contributed by atoms with Crippen LogP contribution in [0.15, 0.2) is 28.7 Å². The van der Waals surface area contributed by atoms with Gasteiger partial charge in [0.1, 0.15) is 23.0 Å². The molecular formula is C12H10FIN2O3. The van der Waals surface area contributed by atoms with Crippen LogP contribution in [0.1, 0.15) is 11.5 Å². The van der Waals surface area contributed by atoms with Crippen molar-refractivity contribution in [3.63, 3.8) is 0 Å². The van der Waals surface area contributed by atoms with Gasteiger partial charge in [0, 0.05) is 12.1 Å². The molecule has 0 aliphatic rings. The lowest BCUT2D eigenvalue weighted by atomic mass is 10.2. The van der Waals surface area contributed by atoms with Gasteiger partial charge in [-0.15, -0.1) is 0 Å². The Morgan fingerprint density at radius 2 is 2.21 bits per heavy atom. The van der Waals surface area contributed by atoms with Crippen LogP contribution in [0.5, 0.6) is 0 Å². The van der Waals surface area contributed by atoms with Crippen molar-refractivity contribution in [1.82, 2.24) is 0 Å². The van der Waals surface area contributed by atoms with E-state index < -0.39 is 10.7 Å². The van der Waals surface area contributed by atoms with Gasteiger partial charge in [-0.25, -0.2) is 4.39 Å². The molecule has 19 heavy (non-hydrogen) atoms. The second-order valence-electron chi connectivity index (χ2n) is 3.91. The number of furan rings is 1. The van der Waals surface area contributed by atoms with Crippen LogP contribution < -0.4 is 5.32 Å². The molecule has 0 radical (unpaired) electrons. The van der Waals surface area contributed by atoms with Crippen molar-refractivity contribution in [1.29, 1.82) is 0 Å². The minimum atomic E-state index is -0.544. The first-order valence-electron chi connectivity index (χ1n) is 5.40. The third-order valence-corrected chi connectivity index (χ3v) is 3.31. The van der Waals surface area contributed by atoms with Gasteiger partial charge in [0.25, 0.3) is 5.69 Å². The summed E-state index contributed by atoms with van der Waals surface area (Å²) in [6.45, 7) is 2.06. The summed E-state index contributed by atoms with van der Waals surface area (Å²) in [6.07, 6.45) is 0. The van der Waals surface area contributed by atoms with Crippen molar-refractivity contribution in [2.45, 2.75) is 13.5 Å². The highest BCUT2D eigenvalue weighted by Gasteiger charge is 2.17. The Kier molecular flexibility index (Phi) is 4.03. The fraction of sp³-hybridized carbons (Fsp3) is 0.167. The van der Waals surface area contributed by atoms with Crippen molar-refractivity contribution in [3.8, 4) is 0 Å². The van der Waals surface area contributed by atoms with Crippen LogP contribution in [-0.4, -0.2) is 4.92 Å². The van der Waals surface area contributed by atoms with E-state index in [0.29, 0.717) is 5.76 Å². The highest BCUT2D eigenvalue weighted by Crippen LogP contribution is 2.29. The number of nitrogens with zero attached hydrogens (tertiary/aromatic N) is 1. The SMILES string of the molecule is Cc1ccc(CNc2cc(F)c(I)cc2[N+](=O)[O-])o1. The number of rotatable bonds is 4. The van der Waals surface area contributed by atoms with Crippen LogP contribution in [0.4, 0.5) is 15.8 Å². The highest BCUT2D eigenvalue weighted by atomic mass is 127. The van der Waals surface area contributed by atoms with Gasteiger partial charge < -0.3 is 9.73 Å². The maximum absolute atomic E-state index is 13.5. The summed E-state index contributed by atoms with van der Waals surface area (Å²) in [4.78, 5) is 10.4. The molecule has 0 amide bonds. The summed E-state index contributed by atoms with van der Waals surface area (Å²) < 4.78 is 19.0. The first-order valence-corrected chi connectivity index (χ1v) is 6.48. The van der Waals surface area contributed by atoms with Gasteiger partial charge in [-0.2, -0.15) is 0 Å². The average Bonchev–Trinajstić information content (AvgIpc) is 2.76. The molecule has 0 bridgehead atoms. The van der Waals surface area contributed by atoms with Crippen LogP contribution in [0.2, 0.25) is 0 Å². The van der Waals surface area contributed by atoms with Crippen molar-refractivity contribution in [2.24, 2.45) is 0 Å². The maximum Gasteiger partial charge on any atom is 0.293 e. The number of aryl methyl sites for hydroxylation is 1. The molecule has 1 heterocycles. The molecule has 2 aromatic rings. The predicted octanol–water partition coefficient (Wildman–Crippen LogP) is 3.85. The van der Waals surface area contributed by atoms with E-state index >= 15 is 0 Å². The van der Waals surface area contributed by atoms with Gasteiger partial charge in [0.2, 0.25) is 0 Å². The van der Waals surface area contributed by atoms with E-state index in [9.17, 15) is 14.5 Å². The summed E-state index contributed by atoms with van der Waals surface area (Å²) >= 11 is 1.72. The molecule has 100 valence electrons. The standard InChI is InChI=1S/C12H10FIN2O3/c1-7-2-3-8(19-7)6-15-11-4-9(13)10(14)5-12(11)16(17)18/h2-5,15H,6H2,1H3. The van der Waals surface area contributed by atoms with Gasteiger partial charge in [0.05, 0.1) is 15.0 Å². The summed E-state index contributed by atoms with van der Waals surface area (Å²) in [5.74, 6) is 0.884. The average molecular weight is 376 g/mol. The first kappa shape index (κ1) is 13.8. The van der Waals surface area contributed by atoms with Crippen LogP contribution in [0.25, 0.3) is 0 Å². The van der Waals surface area contributed by atoms with E-state index in [1.807, 2.05) is 0 Å². The van der Waals surface area contributed by atoms with Gasteiger partial charge >= 0.3 is 0 Å². The monoisotopic (exact) mass is 376 g/mol. The molecule has 0 aliphatic heterocycles. The number of nitro benzene ring substituents is 1. The smallest absolute Gasteiger partial charge is 0.293 e. The minimum absolute atomic E-state index is 0.136. The number of hydrogen-bond acceptors (Lipinski definition) is 4. The number of hydrogen-bond donors (Lipinski definition) is 1. The molecule has 0 atom stereocenters. The Morgan fingerprint density at radius 1 is 1.47 bits per heavy atom. The lowest BCUT2D eigenvalue weighted by Gasteiger charge is -2.06. The van der Waals surface area contributed by atoms with Crippen LogP contribution in [0, 0.1) is 26.4 Å². The third kappa shape index (κ3) is 3.22. The zero-order valence-electron chi connectivity index (χ0n) is 9.94. The van der Waals surface area contributed by atoms with Crippen LogP contribution >= 0.6 is 22.6 Å². The zero-order valence-corrected chi connectivity index (χ0v) is 12.1. The molecule has 0 spiro atoms. The molecular weight excluding hydrogens is 366 g/mol. The number of halogens is 2. The topological polar surface area (TPSA) is 68.3 Å². The van der Waals surface area contributed by atoms with Crippen molar-refractivity contribution >= 4 is 34.0 Å². The lowest BCUT2D eigenvalue weighted by Crippen LogP contribution is -2.03. The number of nitrogens with one attached hydrogen (secondary N) is 1. The van der Waals surface area contributed by atoms with Crippen LogP contribution in [-0.2, 0) is 6.54 Å². The first-order chi connectivity index (χ1) is 8.97. The summed E-state index contributed by atoms with van der Waals surface area (Å²) in [5, 5.41) is 13.7. The molecule has 0 aliphatic carbocycles. The largest absolute Gasteiger partial charge is 0.465 e. The number of benzene rings is 1. The molecule has 1 aromatic carbocycles. The van der Waals surface area contributed by atoms with E-state index in [1.54, 1.807) is 41.6 Å². The fourth-order valence-corrected chi connectivity index (χ4v) is 2.04. The minimum Gasteiger partial charge on any atom is -0.465 e. The van der Waals surface area contributed by atoms with Gasteiger partial charge in [-0.05, 0) is 41.6 Å². The number of anilines is 1. The third-order valence-electron chi connectivity index (χ3n) is 2.48. The van der Waals surface area contributed by atoms with E-state index in [1.165, 1.54) is 6.07 Å². The van der Waals surface area contributed by atoms with Gasteiger partial charge in [0.15, 0.2) is 0 Å². The van der Waals surface area contributed by atoms with E-state index in [2.05, 4.69) is 5.32 Å². The Balaban J connectivity index is 2.23. The maximum atomic E-state index is 13.5. The zero-order chi connectivity index (χ0) is 14.0. The van der Waals surface area contributed by atoms with Gasteiger partial charge in [-0.3, -0.25) is 10.1 Å². The molecule has 7 heteroatoms. The molecule has 0 saturated heterocycles. The molecule has 5 nitrogen and oxygen atoms in total. The summed E-state index contributed by atoms with van der Waals surface area (Å²) in [7, 11) is 0. The summed E-state index contributed by atoms with van der Waals surface area (Å²) in [5.41, 5.74) is -0.0222.